The molecule has 3 heterocycles. The van der Waals surface area contributed by atoms with Crippen molar-refractivity contribution in [2.45, 2.75) is 18.9 Å². The zero-order valence-corrected chi connectivity index (χ0v) is 15.0. The molecule has 2 amide bonds. The molecule has 0 aliphatic carbocycles. The van der Waals surface area contributed by atoms with Crippen LogP contribution in [0.3, 0.4) is 0 Å². The second kappa shape index (κ2) is 7.24. The quantitative estimate of drug-likeness (QED) is 0.659. The molecule has 0 bridgehead atoms. The largest absolute Gasteiger partial charge is 0.381 e. The Bertz CT molecular complexity index is 984. The molecule has 1 aliphatic rings. The van der Waals surface area contributed by atoms with Gasteiger partial charge in [0.1, 0.15) is 11.4 Å². The van der Waals surface area contributed by atoms with Crippen molar-refractivity contribution in [2.24, 2.45) is 0 Å². The second-order valence-corrected chi connectivity index (χ2v) is 6.52. The first-order valence-electron chi connectivity index (χ1n) is 8.93. The van der Waals surface area contributed by atoms with E-state index < -0.39 is 0 Å². The number of carbonyl (C=O) groups excluding carboxylic acids is 2. The highest BCUT2D eigenvalue weighted by atomic mass is 16.5. The van der Waals surface area contributed by atoms with Crippen molar-refractivity contribution in [3.63, 3.8) is 0 Å². The summed E-state index contributed by atoms with van der Waals surface area (Å²) < 4.78 is 7.18. The minimum atomic E-state index is -0.208. The number of nitrogens with one attached hydrogen (secondary N) is 3. The smallest absolute Gasteiger partial charge is 0.273 e. The Morgan fingerprint density at radius 2 is 2.00 bits per heavy atom. The molecule has 8 nitrogen and oxygen atoms in total. The van der Waals surface area contributed by atoms with E-state index in [1.807, 2.05) is 12.1 Å². The first-order valence-corrected chi connectivity index (χ1v) is 8.93. The van der Waals surface area contributed by atoms with Crippen LogP contribution in [0.1, 0.15) is 39.9 Å². The van der Waals surface area contributed by atoms with Crippen molar-refractivity contribution in [1.29, 1.82) is 0 Å². The van der Waals surface area contributed by atoms with Gasteiger partial charge in [-0.05, 0) is 43.2 Å². The number of nitrogens with zero attached hydrogens (tertiary/aromatic N) is 2. The SMILES string of the molecule is CNC(=O)c1cc2cc(NC(=O)c3ccnn3C3CCOCC3)ccc2[nH]1. The summed E-state index contributed by atoms with van der Waals surface area (Å²) in [5.41, 5.74) is 2.50. The van der Waals surface area contributed by atoms with Crippen molar-refractivity contribution in [2.75, 3.05) is 25.6 Å². The molecular weight excluding hydrogens is 346 g/mol. The molecule has 3 aromatic rings. The Hall–Kier alpha value is -3.13. The minimum Gasteiger partial charge on any atom is -0.381 e. The fourth-order valence-electron chi connectivity index (χ4n) is 3.38. The van der Waals surface area contributed by atoms with Gasteiger partial charge in [0, 0.05) is 43.0 Å². The van der Waals surface area contributed by atoms with E-state index >= 15 is 0 Å². The van der Waals surface area contributed by atoms with Crippen molar-refractivity contribution in [3.8, 4) is 0 Å². The van der Waals surface area contributed by atoms with Crippen molar-refractivity contribution in [3.05, 3.63) is 47.9 Å². The summed E-state index contributed by atoms with van der Waals surface area (Å²) in [6.45, 7) is 1.37. The van der Waals surface area contributed by atoms with Crippen LogP contribution in [0.25, 0.3) is 10.9 Å². The van der Waals surface area contributed by atoms with E-state index in [4.69, 9.17) is 4.74 Å². The zero-order chi connectivity index (χ0) is 18.8. The standard InChI is InChI=1S/C19H21N5O3/c1-20-18(25)16-11-12-10-13(2-3-15(12)23-16)22-19(26)17-4-7-21-24(17)14-5-8-27-9-6-14/h2-4,7,10-11,14,23H,5-6,8-9H2,1H3,(H,20,25)(H,22,26). The summed E-state index contributed by atoms with van der Waals surface area (Å²) in [6, 6.07) is 9.15. The number of hydrogen-bond acceptors (Lipinski definition) is 4. The average molecular weight is 367 g/mol. The fraction of sp³-hybridized carbons (Fsp3) is 0.316. The van der Waals surface area contributed by atoms with Gasteiger partial charge in [0.05, 0.1) is 6.04 Å². The summed E-state index contributed by atoms with van der Waals surface area (Å²) in [6.07, 6.45) is 3.34. The molecule has 2 aromatic heterocycles. The van der Waals surface area contributed by atoms with Crippen molar-refractivity contribution < 1.29 is 14.3 Å². The van der Waals surface area contributed by atoms with E-state index in [9.17, 15) is 9.59 Å². The maximum atomic E-state index is 12.8. The number of benzene rings is 1. The van der Waals surface area contributed by atoms with Crippen LogP contribution in [0.5, 0.6) is 0 Å². The van der Waals surface area contributed by atoms with Crippen LogP contribution in [0.2, 0.25) is 0 Å². The van der Waals surface area contributed by atoms with Gasteiger partial charge >= 0.3 is 0 Å². The van der Waals surface area contributed by atoms with Gasteiger partial charge in [-0.1, -0.05) is 0 Å². The molecule has 0 radical (unpaired) electrons. The van der Waals surface area contributed by atoms with Crippen LogP contribution in [-0.4, -0.2) is 46.8 Å². The summed E-state index contributed by atoms with van der Waals surface area (Å²) in [4.78, 5) is 27.6. The number of aromatic nitrogens is 3. The lowest BCUT2D eigenvalue weighted by Gasteiger charge is -2.23. The van der Waals surface area contributed by atoms with Crippen LogP contribution in [0, 0.1) is 0 Å². The third-order valence-electron chi connectivity index (χ3n) is 4.79. The van der Waals surface area contributed by atoms with E-state index in [1.54, 1.807) is 36.1 Å². The van der Waals surface area contributed by atoms with Gasteiger partial charge in [-0.15, -0.1) is 0 Å². The lowest BCUT2D eigenvalue weighted by Crippen LogP contribution is -2.25. The maximum absolute atomic E-state index is 12.8. The van der Waals surface area contributed by atoms with E-state index in [0.717, 1.165) is 23.7 Å². The number of fused-ring (bicyclic) bond motifs is 1. The van der Waals surface area contributed by atoms with E-state index in [1.165, 1.54) is 0 Å². The molecule has 140 valence electrons. The molecule has 1 aromatic carbocycles. The molecule has 8 heteroatoms. The van der Waals surface area contributed by atoms with Crippen LogP contribution in [-0.2, 0) is 4.74 Å². The maximum Gasteiger partial charge on any atom is 0.273 e. The number of hydrogen-bond donors (Lipinski definition) is 3. The third kappa shape index (κ3) is 3.43. The molecule has 1 saturated heterocycles. The van der Waals surface area contributed by atoms with Crippen LogP contribution < -0.4 is 10.6 Å². The Morgan fingerprint density at radius 3 is 2.78 bits per heavy atom. The molecule has 1 aliphatic heterocycles. The Balaban J connectivity index is 1.54. The molecule has 0 unspecified atom stereocenters. The number of aromatic amines is 1. The number of rotatable bonds is 4. The number of anilines is 1. The average Bonchev–Trinajstić information content (AvgIpc) is 3.34. The summed E-state index contributed by atoms with van der Waals surface area (Å²) in [5, 5.41) is 10.7. The molecular formula is C19H21N5O3. The molecule has 0 saturated carbocycles. The Labute approximate surface area is 155 Å². The van der Waals surface area contributed by atoms with Crippen LogP contribution in [0.4, 0.5) is 5.69 Å². The topological polar surface area (TPSA) is 101 Å². The van der Waals surface area contributed by atoms with Gasteiger partial charge < -0.3 is 20.4 Å². The van der Waals surface area contributed by atoms with Crippen molar-refractivity contribution >= 4 is 28.4 Å². The Kier molecular flexibility index (Phi) is 4.64. The lowest BCUT2D eigenvalue weighted by molar-refractivity contribution is 0.0647. The van der Waals surface area contributed by atoms with Gasteiger partial charge in [0.15, 0.2) is 0 Å². The fourth-order valence-corrected chi connectivity index (χ4v) is 3.38. The normalized spacial score (nSPS) is 15.0. The number of carbonyl (C=O) groups is 2. The molecule has 27 heavy (non-hydrogen) atoms. The summed E-state index contributed by atoms with van der Waals surface area (Å²) in [7, 11) is 1.58. The predicted octanol–water partition coefficient (Wildman–Crippen LogP) is 2.33. The lowest BCUT2D eigenvalue weighted by atomic mass is 10.1. The van der Waals surface area contributed by atoms with E-state index in [0.29, 0.717) is 30.3 Å². The molecule has 0 atom stereocenters. The van der Waals surface area contributed by atoms with Gasteiger partial charge in [-0.25, -0.2) is 0 Å². The highest BCUT2D eigenvalue weighted by molar-refractivity contribution is 6.04. The van der Waals surface area contributed by atoms with Gasteiger partial charge in [0.2, 0.25) is 0 Å². The van der Waals surface area contributed by atoms with E-state index in [-0.39, 0.29) is 17.9 Å². The van der Waals surface area contributed by atoms with Gasteiger partial charge in [-0.2, -0.15) is 5.10 Å². The van der Waals surface area contributed by atoms with Crippen LogP contribution >= 0.6 is 0 Å². The van der Waals surface area contributed by atoms with Gasteiger partial charge in [-0.3, -0.25) is 14.3 Å². The molecule has 1 fully saturated rings. The highest BCUT2D eigenvalue weighted by Gasteiger charge is 2.22. The number of amides is 2. The van der Waals surface area contributed by atoms with Crippen LogP contribution in [0.15, 0.2) is 36.5 Å². The monoisotopic (exact) mass is 367 g/mol. The number of H-pyrrole nitrogens is 1. The summed E-state index contributed by atoms with van der Waals surface area (Å²) >= 11 is 0. The zero-order valence-electron chi connectivity index (χ0n) is 15.0. The second-order valence-electron chi connectivity index (χ2n) is 6.52. The molecule has 3 N–H and O–H groups in total. The first kappa shape index (κ1) is 17.3. The third-order valence-corrected chi connectivity index (χ3v) is 4.79. The molecule has 4 rings (SSSR count). The highest BCUT2D eigenvalue weighted by Crippen LogP contribution is 2.24. The summed E-state index contributed by atoms with van der Waals surface area (Å²) in [5.74, 6) is -0.391. The molecule has 0 spiro atoms. The predicted molar refractivity (Wildman–Crippen MR) is 101 cm³/mol. The minimum absolute atomic E-state index is 0.178. The van der Waals surface area contributed by atoms with Gasteiger partial charge in [0.25, 0.3) is 11.8 Å². The first-order chi connectivity index (χ1) is 13.2. The number of ether oxygens (including phenoxy) is 1. The van der Waals surface area contributed by atoms with E-state index in [2.05, 4.69) is 20.7 Å². The Morgan fingerprint density at radius 1 is 1.19 bits per heavy atom. The van der Waals surface area contributed by atoms with Crippen molar-refractivity contribution in [1.82, 2.24) is 20.1 Å².